The van der Waals surface area contributed by atoms with Gasteiger partial charge >= 0.3 is 0 Å². The molecule has 0 fully saturated rings. The molecule has 0 aromatic heterocycles. The van der Waals surface area contributed by atoms with Crippen LogP contribution in [0.1, 0.15) is 19.8 Å². The maximum Gasteiger partial charge on any atom is 0.132 e. The molecule has 0 saturated heterocycles. The second-order valence-electron chi connectivity index (χ2n) is 4.22. The average Bonchev–Trinajstić information content (AvgIpc) is 2.46. The highest BCUT2D eigenvalue weighted by Crippen LogP contribution is 2.26. The monoisotopic (exact) mass is 283 g/mol. The molecule has 4 heteroatoms. The van der Waals surface area contributed by atoms with Crippen LogP contribution in [0.5, 0.6) is 5.75 Å². The van der Waals surface area contributed by atoms with Gasteiger partial charge in [0.25, 0.3) is 0 Å². The maximum atomic E-state index is 5.75. The minimum Gasteiger partial charge on any atom is -0.491 e. The van der Waals surface area contributed by atoms with E-state index in [4.69, 9.17) is 9.47 Å². The molecule has 1 aromatic rings. The van der Waals surface area contributed by atoms with Gasteiger partial charge in [-0.1, -0.05) is 25.5 Å². The number of para-hydroxylation sites is 1. The van der Waals surface area contributed by atoms with Gasteiger partial charge in [0, 0.05) is 24.6 Å². The largest absolute Gasteiger partial charge is 0.491 e. The van der Waals surface area contributed by atoms with Crippen molar-refractivity contribution in [1.82, 2.24) is 5.32 Å². The van der Waals surface area contributed by atoms with Gasteiger partial charge in [0.15, 0.2) is 0 Å². The van der Waals surface area contributed by atoms with Crippen molar-refractivity contribution in [3.63, 3.8) is 0 Å². The number of rotatable bonds is 11. The number of benzene rings is 1. The molecule has 0 aliphatic rings. The Morgan fingerprint density at radius 1 is 1.11 bits per heavy atom. The summed E-state index contributed by atoms with van der Waals surface area (Å²) in [6.45, 7) is 6.24. The van der Waals surface area contributed by atoms with E-state index in [-0.39, 0.29) is 0 Å². The zero-order valence-electron chi connectivity index (χ0n) is 12.0. The van der Waals surface area contributed by atoms with E-state index in [1.807, 2.05) is 18.2 Å². The smallest absolute Gasteiger partial charge is 0.132 e. The summed E-state index contributed by atoms with van der Waals surface area (Å²) in [4.78, 5) is 1.19. The fourth-order valence-corrected chi connectivity index (χ4v) is 2.13. The molecule has 0 heterocycles. The molecule has 0 aliphatic heterocycles. The molecule has 0 saturated carbocycles. The summed E-state index contributed by atoms with van der Waals surface area (Å²) in [5.74, 6) is 0.969. The van der Waals surface area contributed by atoms with E-state index >= 15 is 0 Å². The second-order valence-corrected chi connectivity index (χ2v) is 5.06. The molecule has 0 spiro atoms. The van der Waals surface area contributed by atoms with Gasteiger partial charge in [0.1, 0.15) is 12.4 Å². The van der Waals surface area contributed by atoms with Crippen LogP contribution in [0, 0.1) is 0 Å². The zero-order valence-corrected chi connectivity index (χ0v) is 12.8. The normalized spacial score (nSPS) is 10.6. The molecule has 1 rings (SSSR count). The molecule has 0 unspecified atom stereocenters. The molecule has 1 aromatic carbocycles. The van der Waals surface area contributed by atoms with Crippen molar-refractivity contribution in [1.29, 1.82) is 0 Å². The van der Waals surface area contributed by atoms with E-state index in [0.29, 0.717) is 6.61 Å². The van der Waals surface area contributed by atoms with Crippen LogP contribution < -0.4 is 10.1 Å². The first kappa shape index (κ1) is 16.3. The Bertz CT molecular complexity index is 334. The fraction of sp³-hybridized carbons (Fsp3) is 0.600. The first-order valence-electron chi connectivity index (χ1n) is 6.92. The van der Waals surface area contributed by atoms with Crippen LogP contribution in [-0.4, -0.2) is 39.2 Å². The molecule has 0 radical (unpaired) electrons. The topological polar surface area (TPSA) is 30.5 Å². The van der Waals surface area contributed by atoms with E-state index in [1.165, 1.54) is 11.3 Å². The molecule has 0 atom stereocenters. The first-order valence-corrected chi connectivity index (χ1v) is 8.15. The molecule has 0 amide bonds. The number of hydrogen-bond acceptors (Lipinski definition) is 4. The summed E-state index contributed by atoms with van der Waals surface area (Å²) in [5, 5.41) is 3.31. The van der Waals surface area contributed by atoms with E-state index in [1.54, 1.807) is 11.8 Å². The van der Waals surface area contributed by atoms with Crippen LogP contribution in [-0.2, 0) is 4.74 Å². The third-order valence-electron chi connectivity index (χ3n) is 2.67. The maximum absolute atomic E-state index is 5.75. The van der Waals surface area contributed by atoms with Gasteiger partial charge in [-0.2, -0.15) is 0 Å². The quantitative estimate of drug-likeness (QED) is 0.499. The summed E-state index contributed by atoms with van der Waals surface area (Å²) in [6.07, 6.45) is 4.40. The highest BCUT2D eigenvalue weighted by molar-refractivity contribution is 7.98. The fourth-order valence-electron chi connectivity index (χ4n) is 1.59. The van der Waals surface area contributed by atoms with Crippen LogP contribution in [0.15, 0.2) is 29.2 Å². The highest BCUT2D eigenvalue weighted by atomic mass is 32.2. The van der Waals surface area contributed by atoms with Gasteiger partial charge in [-0.3, -0.25) is 0 Å². The average molecular weight is 283 g/mol. The van der Waals surface area contributed by atoms with Crippen molar-refractivity contribution in [2.45, 2.75) is 24.7 Å². The lowest BCUT2D eigenvalue weighted by Gasteiger charge is -2.10. The minimum absolute atomic E-state index is 0.687. The lowest BCUT2D eigenvalue weighted by molar-refractivity contribution is 0.132. The molecular formula is C15H25NO2S. The van der Waals surface area contributed by atoms with Gasteiger partial charge in [-0.25, -0.2) is 0 Å². The van der Waals surface area contributed by atoms with Gasteiger partial charge in [0.05, 0.1) is 6.61 Å². The molecular weight excluding hydrogens is 258 g/mol. The molecule has 0 bridgehead atoms. The third kappa shape index (κ3) is 7.45. The Morgan fingerprint density at radius 3 is 2.68 bits per heavy atom. The van der Waals surface area contributed by atoms with Gasteiger partial charge in [-0.05, 0) is 24.8 Å². The van der Waals surface area contributed by atoms with Crippen molar-refractivity contribution in [3.8, 4) is 5.75 Å². The molecule has 108 valence electrons. The van der Waals surface area contributed by atoms with Crippen molar-refractivity contribution < 1.29 is 9.47 Å². The number of nitrogens with one attached hydrogen (secondary N) is 1. The molecule has 3 nitrogen and oxygen atoms in total. The Balaban J connectivity index is 2.01. The summed E-state index contributed by atoms with van der Waals surface area (Å²) >= 11 is 1.71. The van der Waals surface area contributed by atoms with Crippen LogP contribution in [0.4, 0.5) is 0 Å². The minimum atomic E-state index is 0.687. The zero-order chi connectivity index (χ0) is 13.8. The van der Waals surface area contributed by atoms with E-state index in [0.717, 1.165) is 38.5 Å². The first-order chi connectivity index (χ1) is 9.38. The standard InChI is InChI=1S/C15H25NO2S/c1-3-4-11-17-12-9-16-10-13-18-14-7-5-6-8-15(14)19-2/h5-8,16H,3-4,9-13H2,1-2H3. The van der Waals surface area contributed by atoms with Crippen molar-refractivity contribution >= 4 is 11.8 Å². The van der Waals surface area contributed by atoms with Gasteiger partial charge in [0.2, 0.25) is 0 Å². The summed E-state index contributed by atoms with van der Waals surface area (Å²) in [6, 6.07) is 8.13. The number of unbranched alkanes of at least 4 members (excludes halogenated alkanes) is 1. The van der Waals surface area contributed by atoms with E-state index in [9.17, 15) is 0 Å². The number of thioether (sulfide) groups is 1. The van der Waals surface area contributed by atoms with Crippen LogP contribution in [0.2, 0.25) is 0 Å². The predicted octanol–water partition coefficient (Wildman–Crippen LogP) is 3.19. The predicted molar refractivity (Wildman–Crippen MR) is 82.3 cm³/mol. The Labute approximate surface area is 121 Å². The van der Waals surface area contributed by atoms with E-state index < -0.39 is 0 Å². The lowest BCUT2D eigenvalue weighted by Crippen LogP contribution is -2.25. The van der Waals surface area contributed by atoms with Gasteiger partial charge < -0.3 is 14.8 Å². The van der Waals surface area contributed by atoms with Gasteiger partial charge in [-0.15, -0.1) is 11.8 Å². The Kier molecular flexibility index (Phi) is 9.59. The molecule has 0 aliphatic carbocycles. The number of ether oxygens (including phenoxy) is 2. The summed E-state index contributed by atoms with van der Waals surface area (Å²) < 4.78 is 11.2. The number of hydrogen-bond donors (Lipinski definition) is 1. The molecule has 19 heavy (non-hydrogen) atoms. The SMILES string of the molecule is CCCCOCCNCCOc1ccccc1SC. The van der Waals surface area contributed by atoms with Crippen molar-refractivity contribution in [2.24, 2.45) is 0 Å². The van der Waals surface area contributed by atoms with Crippen LogP contribution in [0.25, 0.3) is 0 Å². The van der Waals surface area contributed by atoms with Crippen LogP contribution in [0.3, 0.4) is 0 Å². The van der Waals surface area contributed by atoms with Crippen molar-refractivity contribution in [3.05, 3.63) is 24.3 Å². The Morgan fingerprint density at radius 2 is 1.89 bits per heavy atom. The Hall–Kier alpha value is -0.710. The van der Waals surface area contributed by atoms with Crippen LogP contribution >= 0.6 is 11.8 Å². The summed E-state index contributed by atoms with van der Waals surface area (Å²) in [5.41, 5.74) is 0. The lowest BCUT2D eigenvalue weighted by atomic mass is 10.3. The summed E-state index contributed by atoms with van der Waals surface area (Å²) in [7, 11) is 0. The second kappa shape index (κ2) is 11.1. The van der Waals surface area contributed by atoms with E-state index in [2.05, 4.69) is 24.6 Å². The van der Waals surface area contributed by atoms with Crippen molar-refractivity contribution in [2.75, 3.05) is 39.2 Å². The highest BCUT2D eigenvalue weighted by Gasteiger charge is 2.00. The molecule has 1 N–H and O–H groups in total. The third-order valence-corrected chi connectivity index (χ3v) is 3.45.